The molecule has 4 heteroatoms. The first kappa shape index (κ1) is 26.8. The Morgan fingerprint density at radius 3 is 2.61 bits per heavy atom. The van der Waals surface area contributed by atoms with Gasteiger partial charge in [-0.2, -0.15) is 0 Å². The summed E-state index contributed by atoms with van der Waals surface area (Å²) in [6.45, 7) is 5.03. The maximum atomic E-state index is 12.0. The zero-order valence-corrected chi connectivity index (χ0v) is 19.9. The number of benzene rings is 1. The van der Waals surface area contributed by atoms with Crippen LogP contribution in [0.25, 0.3) is 0 Å². The Morgan fingerprint density at radius 1 is 1.10 bits per heavy atom. The number of amides is 1. The van der Waals surface area contributed by atoms with Crippen molar-refractivity contribution < 1.29 is 14.6 Å². The van der Waals surface area contributed by atoms with Crippen LogP contribution in [0.2, 0.25) is 0 Å². The Kier molecular flexibility index (Phi) is 15.1. The first-order chi connectivity index (χ1) is 15.1. The fourth-order valence-corrected chi connectivity index (χ4v) is 3.53. The number of allylic oxidation sites excluding steroid dienone is 4. The second-order valence-corrected chi connectivity index (χ2v) is 8.40. The molecule has 0 aliphatic heterocycles. The van der Waals surface area contributed by atoms with Crippen LogP contribution < -0.4 is 10.1 Å². The summed E-state index contributed by atoms with van der Waals surface area (Å²) in [6, 6.07) is 5.12. The molecule has 0 spiro atoms. The predicted molar refractivity (Wildman–Crippen MR) is 130 cm³/mol. The summed E-state index contributed by atoms with van der Waals surface area (Å²) in [7, 11) is 1.52. The van der Waals surface area contributed by atoms with Gasteiger partial charge in [-0.1, -0.05) is 76.3 Å². The third-order valence-electron chi connectivity index (χ3n) is 5.43. The summed E-state index contributed by atoms with van der Waals surface area (Å²) in [4.78, 5) is 12.0. The standard InChI is InChI=1S/C27H43NO3/c1-4-16-23(2)17-14-12-10-8-6-5-7-9-11-13-15-18-27(30)28-22-24-19-20-25(29)26(21-24)31-3/h6,8,12,14,19-21,23,29H,4-5,7,9-11,13,15-18,22H2,1-3H3,(H,28,30)/b8-6-,14-12-. The number of carbonyl (C=O) groups excluding carboxylic acids is 1. The number of unbranched alkanes of at least 4 members (excludes halogenated alkanes) is 5. The highest BCUT2D eigenvalue weighted by atomic mass is 16.5. The average molecular weight is 430 g/mol. The lowest BCUT2D eigenvalue weighted by atomic mass is 10.0. The average Bonchev–Trinajstić information content (AvgIpc) is 2.76. The van der Waals surface area contributed by atoms with E-state index in [1.165, 1.54) is 45.6 Å². The molecule has 0 saturated carbocycles. The summed E-state index contributed by atoms with van der Waals surface area (Å²) in [6.07, 6.45) is 21.4. The van der Waals surface area contributed by atoms with Crippen LogP contribution in [0.4, 0.5) is 0 Å². The van der Waals surface area contributed by atoms with Crippen molar-refractivity contribution in [3.05, 3.63) is 48.1 Å². The fourth-order valence-electron chi connectivity index (χ4n) is 3.53. The van der Waals surface area contributed by atoms with Gasteiger partial charge in [0.05, 0.1) is 7.11 Å². The van der Waals surface area contributed by atoms with Crippen molar-refractivity contribution in [1.82, 2.24) is 5.32 Å². The van der Waals surface area contributed by atoms with Gasteiger partial charge in [0.25, 0.3) is 0 Å². The molecule has 0 aromatic heterocycles. The highest BCUT2D eigenvalue weighted by Gasteiger charge is 2.05. The normalized spacial score (nSPS) is 12.5. The van der Waals surface area contributed by atoms with Crippen LogP contribution in [0.15, 0.2) is 42.5 Å². The zero-order chi connectivity index (χ0) is 22.7. The second-order valence-electron chi connectivity index (χ2n) is 8.40. The number of aromatic hydroxyl groups is 1. The third kappa shape index (κ3) is 13.6. The van der Waals surface area contributed by atoms with Crippen molar-refractivity contribution in [2.24, 2.45) is 5.92 Å². The van der Waals surface area contributed by atoms with Crippen LogP contribution in [0.5, 0.6) is 11.5 Å². The molecule has 1 atom stereocenters. The van der Waals surface area contributed by atoms with Gasteiger partial charge in [0.15, 0.2) is 11.5 Å². The molecule has 0 heterocycles. The van der Waals surface area contributed by atoms with Gasteiger partial charge in [0.2, 0.25) is 5.91 Å². The van der Waals surface area contributed by atoms with Gasteiger partial charge in [-0.05, 0) is 55.7 Å². The van der Waals surface area contributed by atoms with E-state index in [0.717, 1.165) is 37.2 Å². The van der Waals surface area contributed by atoms with E-state index in [0.29, 0.717) is 18.7 Å². The molecule has 0 radical (unpaired) electrons. The van der Waals surface area contributed by atoms with E-state index in [2.05, 4.69) is 43.5 Å². The summed E-state index contributed by atoms with van der Waals surface area (Å²) in [5, 5.41) is 12.5. The van der Waals surface area contributed by atoms with E-state index in [1.807, 2.05) is 0 Å². The van der Waals surface area contributed by atoms with Gasteiger partial charge < -0.3 is 15.2 Å². The third-order valence-corrected chi connectivity index (χ3v) is 5.43. The molecule has 0 fully saturated rings. The number of carbonyl (C=O) groups is 1. The topological polar surface area (TPSA) is 58.6 Å². The lowest BCUT2D eigenvalue weighted by molar-refractivity contribution is -0.121. The number of phenolic OH excluding ortho intramolecular Hbond substituents is 1. The molecule has 0 aliphatic carbocycles. The van der Waals surface area contributed by atoms with Crippen molar-refractivity contribution in [1.29, 1.82) is 0 Å². The molecule has 0 saturated heterocycles. The minimum absolute atomic E-state index is 0.0760. The summed E-state index contributed by atoms with van der Waals surface area (Å²) >= 11 is 0. The van der Waals surface area contributed by atoms with E-state index >= 15 is 0 Å². The number of hydrogen-bond acceptors (Lipinski definition) is 3. The van der Waals surface area contributed by atoms with Gasteiger partial charge in [-0.3, -0.25) is 4.79 Å². The SMILES string of the molecule is CCCC(C)C/C=C\C/C=C\CCCCCCCC(=O)NCc1ccc(O)c(OC)c1. The van der Waals surface area contributed by atoms with Crippen LogP contribution in [-0.2, 0) is 11.3 Å². The lowest BCUT2D eigenvalue weighted by Gasteiger charge is -2.08. The fraction of sp³-hybridized carbons (Fsp3) is 0.593. The van der Waals surface area contributed by atoms with Crippen molar-refractivity contribution >= 4 is 5.91 Å². The molecule has 0 aliphatic rings. The summed E-state index contributed by atoms with van der Waals surface area (Å²) in [5.74, 6) is 1.42. The molecule has 1 amide bonds. The quantitative estimate of drug-likeness (QED) is 0.205. The molecule has 1 rings (SSSR count). The Balaban J connectivity index is 1.98. The number of ether oxygens (including phenoxy) is 1. The molecule has 31 heavy (non-hydrogen) atoms. The summed E-state index contributed by atoms with van der Waals surface area (Å²) < 4.78 is 5.09. The molecule has 174 valence electrons. The number of hydrogen-bond donors (Lipinski definition) is 2. The minimum Gasteiger partial charge on any atom is -0.504 e. The smallest absolute Gasteiger partial charge is 0.220 e. The van der Waals surface area contributed by atoms with Crippen molar-refractivity contribution in [2.45, 2.75) is 91.0 Å². The largest absolute Gasteiger partial charge is 0.504 e. The Labute approximate surface area is 189 Å². The Bertz CT molecular complexity index is 666. The highest BCUT2D eigenvalue weighted by Crippen LogP contribution is 2.26. The number of rotatable bonds is 17. The summed E-state index contributed by atoms with van der Waals surface area (Å²) in [5.41, 5.74) is 0.914. The van der Waals surface area contributed by atoms with Crippen LogP contribution in [-0.4, -0.2) is 18.1 Å². The van der Waals surface area contributed by atoms with Crippen molar-refractivity contribution in [2.75, 3.05) is 7.11 Å². The van der Waals surface area contributed by atoms with Crippen LogP contribution >= 0.6 is 0 Å². The van der Waals surface area contributed by atoms with Crippen molar-refractivity contribution in [3.63, 3.8) is 0 Å². The Morgan fingerprint density at radius 2 is 1.84 bits per heavy atom. The first-order valence-corrected chi connectivity index (χ1v) is 12.0. The molecule has 2 N–H and O–H groups in total. The van der Waals surface area contributed by atoms with Crippen LogP contribution in [0, 0.1) is 5.92 Å². The van der Waals surface area contributed by atoms with Crippen LogP contribution in [0.1, 0.15) is 90.0 Å². The number of methoxy groups -OCH3 is 1. The van der Waals surface area contributed by atoms with E-state index in [4.69, 9.17) is 4.74 Å². The number of nitrogens with one attached hydrogen (secondary N) is 1. The first-order valence-electron chi connectivity index (χ1n) is 12.0. The molecule has 0 bridgehead atoms. The highest BCUT2D eigenvalue weighted by molar-refractivity contribution is 5.75. The van der Waals surface area contributed by atoms with Gasteiger partial charge >= 0.3 is 0 Å². The zero-order valence-electron chi connectivity index (χ0n) is 19.9. The van der Waals surface area contributed by atoms with E-state index in [9.17, 15) is 9.90 Å². The molecule has 1 aromatic rings. The van der Waals surface area contributed by atoms with Crippen molar-refractivity contribution in [3.8, 4) is 11.5 Å². The lowest BCUT2D eigenvalue weighted by Crippen LogP contribution is -2.22. The maximum Gasteiger partial charge on any atom is 0.220 e. The predicted octanol–water partition coefficient (Wildman–Crippen LogP) is 7.08. The van der Waals surface area contributed by atoms with E-state index in [-0.39, 0.29) is 11.7 Å². The molecule has 4 nitrogen and oxygen atoms in total. The van der Waals surface area contributed by atoms with E-state index in [1.54, 1.807) is 18.2 Å². The number of phenols is 1. The maximum absolute atomic E-state index is 12.0. The second kappa shape index (κ2) is 17.5. The molecular weight excluding hydrogens is 386 g/mol. The van der Waals surface area contributed by atoms with Gasteiger partial charge in [0.1, 0.15) is 0 Å². The van der Waals surface area contributed by atoms with E-state index < -0.39 is 0 Å². The Hall–Kier alpha value is -2.23. The molecular formula is C27H43NO3. The monoisotopic (exact) mass is 429 g/mol. The molecule has 1 aromatic carbocycles. The van der Waals surface area contributed by atoms with Crippen LogP contribution in [0.3, 0.4) is 0 Å². The van der Waals surface area contributed by atoms with Gasteiger partial charge in [0, 0.05) is 13.0 Å². The molecule has 1 unspecified atom stereocenters. The van der Waals surface area contributed by atoms with Gasteiger partial charge in [-0.15, -0.1) is 0 Å². The van der Waals surface area contributed by atoms with Gasteiger partial charge in [-0.25, -0.2) is 0 Å². The minimum atomic E-state index is 0.0760.